The van der Waals surface area contributed by atoms with Crippen LogP contribution in [0.1, 0.15) is 16.1 Å². The number of para-hydroxylation sites is 1. The number of amides is 3. The molecule has 7 heteroatoms. The molecular formula is C19H20N4O3. The number of aromatic amines is 1. The van der Waals surface area contributed by atoms with Crippen LogP contribution < -0.4 is 20.7 Å². The monoisotopic (exact) mass is 352 g/mol. The molecule has 3 aromatic rings. The van der Waals surface area contributed by atoms with Crippen LogP contribution in [0.5, 0.6) is 5.75 Å². The van der Waals surface area contributed by atoms with E-state index < -0.39 is 6.03 Å². The molecule has 0 aliphatic heterocycles. The van der Waals surface area contributed by atoms with E-state index in [0.29, 0.717) is 23.5 Å². The van der Waals surface area contributed by atoms with Crippen molar-refractivity contribution < 1.29 is 14.3 Å². The summed E-state index contributed by atoms with van der Waals surface area (Å²) in [6.45, 7) is 0.345. The van der Waals surface area contributed by atoms with E-state index in [2.05, 4.69) is 20.9 Å². The summed E-state index contributed by atoms with van der Waals surface area (Å²) >= 11 is 0. The van der Waals surface area contributed by atoms with Gasteiger partial charge in [0.25, 0.3) is 5.91 Å². The van der Waals surface area contributed by atoms with Crippen molar-refractivity contribution in [1.29, 1.82) is 0 Å². The molecule has 0 radical (unpaired) electrons. The Morgan fingerprint density at radius 3 is 2.65 bits per heavy atom. The summed E-state index contributed by atoms with van der Waals surface area (Å²) in [5, 5.41) is 9.13. The second-order valence-corrected chi connectivity index (χ2v) is 5.68. The van der Waals surface area contributed by atoms with Crippen molar-refractivity contribution in [2.75, 3.05) is 19.5 Å². The van der Waals surface area contributed by atoms with Gasteiger partial charge in [-0.3, -0.25) is 4.79 Å². The number of methoxy groups -OCH3 is 1. The maximum absolute atomic E-state index is 12.2. The highest BCUT2D eigenvalue weighted by molar-refractivity contribution is 5.97. The van der Waals surface area contributed by atoms with Crippen molar-refractivity contribution in [2.45, 2.75) is 6.54 Å². The molecule has 0 bridgehead atoms. The van der Waals surface area contributed by atoms with Crippen LogP contribution in [0.3, 0.4) is 0 Å². The predicted octanol–water partition coefficient (Wildman–Crippen LogP) is 2.86. The lowest BCUT2D eigenvalue weighted by Crippen LogP contribution is -2.28. The van der Waals surface area contributed by atoms with Gasteiger partial charge in [-0.15, -0.1) is 0 Å². The van der Waals surface area contributed by atoms with E-state index in [1.54, 1.807) is 25.2 Å². The molecule has 2 aromatic carbocycles. The van der Waals surface area contributed by atoms with E-state index in [1.165, 1.54) is 7.11 Å². The summed E-state index contributed by atoms with van der Waals surface area (Å²) in [7, 11) is 3.05. The van der Waals surface area contributed by atoms with Gasteiger partial charge in [-0.05, 0) is 35.7 Å². The lowest BCUT2D eigenvalue weighted by molar-refractivity contribution is 0.0963. The van der Waals surface area contributed by atoms with E-state index in [1.807, 2.05) is 30.3 Å². The van der Waals surface area contributed by atoms with Gasteiger partial charge in [0.2, 0.25) is 0 Å². The summed E-state index contributed by atoms with van der Waals surface area (Å²) in [4.78, 5) is 27.2. The molecule has 0 aliphatic rings. The van der Waals surface area contributed by atoms with Gasteiger partial charge in [0.15, 0.2) is 0 Å². The minimum atomic E-state index is -0.393. The van der Waals surface area contributed by atoms with Gasteiger partial charge in [-0.25, -0.2) is 4.79 Å². The second-order valence-electron chi connectivity index (χ2n) is 5.68. The zero-order chi connectivity index (χ0) is 18.5. The molecule has 7 nitrogen and oxygen atoms in total. The fourth-order valence-electron chi connectivity index (χ4n) is 2.66. The van der Waals surface area contributed by atoms with Crippen LogP contribution in [-0.4, -0.2) is 31.1 Å². The number of H-pyrrole nitrogens is 1. The van der Waals surface area contributed by atoms with E-state index in [0.717, 1.165) is 16.6 Å². The van der Waals surface area contributed by atoms with Crippen molar-refractivity contribution >= 4 is 28.5 Å². The third kappa shape index (κ3) is 3.77. The van der Waals surface area contributed by atoms with Gasteiger partial charge < -0.3 is 25.7 Å². The number of rotatable bonds is 5. The minimum absolute atomic E-state index is 0.241. The molecule has 0 aliphatic carbocycles. The van der Waals surface area contributed by atoms with Crippen LogP contribution in [0.4, 0.5) is 10.5 Å². The fourth-order valence-corrected chi connectivity index (χ4v) is 2.66. The van der Waals surface area contributed by atoms with Gasteiger partial charge >= 0.3 is 6.03 Å². The Morgan fingerprint density at radius 1 is 1.12 bits per heavy atom. The molecule has 1 aromatic heterocycles. The molecule has 134 valence electrons. The molecule has 0 saturated carbocycles. The summed E-state index contributed by atoms with van der Waals surface area (Å²) in [5.74, 6) is 0.229. The molecule has 4 N–H and O–H groups in total. The van der Waals surface area contributed by atoms with Crippen LogP contribution in [0.15, 0.2) is 48.5 Å². The second kappa shape index (κ2) is 7.60. The largest absolute Gasteiger partial charge is 0.495 e. The molecule has 26 heavy (non-hydrogen) atoms. The quantitative estimate of drug-likeness (QED) is 0.569. The Balaban J connectivity index is 1.68. The topological polar surface area (TPSA) is 95.2 Å². The first-order chi connectivity index (χ1) is 12.6. The first-order valence-electron chi connectivity index (χ1n) is 8.12. The maximum atomic E-state index is 12.2. The number of fused-ring (bicyclic) bond motifs is 1. The van der Waals surface area contributed by atoms with Gasteiger partial charge in [0.1, 0.15) is 5.75 Å². The number of urea groups is 1. The number of carbonyl (C=O) groups excluding carboxylic acids is 2. The van der Waals surface area contributed by atoms with Gasteiger partial charge in [0, 0.05) is 23.8 Å². The standard InChI is InChI=1S/C19H20N4O3/c1-20-18(24)13-7-8-17(26-2)16(10-13)23-19(25)21-11-14-9-12-5-3-4-6-15(12)22-14/h3-10,22H,11H2,1-2H3,(H,20,24)(H2,21,23,25). The molecule has 0 fully saturated rings. The number of carbonyl (C=O) groups is 2. The fraction of sp³-hybridized carbons (Fsp3) is 0.158. The van der Waals surface area contributed by atoms with E-state index in [9.17, 15) is 9.59 Å². The predicted molar refractivity (Wildman–Crippen MR) is 101 cm³/mol. The number of aromatic nitrogens is 1. The van der Waals surface area contributed by atoms with Gasteiger partial charge in [-0.2, -0.15) is 0 Å². The van der Waals surface area contributed by atoms with Crippen molar-refractivity contribution in [3.8, 4) is 5.75 Å². The molecule has 3 rings (SSSR count). The Bertz CT molecular complexity index is 916. The number of benzene rings is 2. The van der Waals surface area contributed by atoms with Crippen LogP contribution in [0, 0.1) is 0 Å². The summed E-state index contributed by atoms with van der Waals surface area (Å²) in [6.07, 6.45) is 0. The van der Waals surface area contributed by atoms with Crippen LogP contribution in [0.25, 0.3) is 10.9 Å². The molecule has 3 amide bonds. The number of nitrogens with one attached hydrogen (secondary N) is 4. The van der Waals surface area contributed by atoms with E-state index >= 15 is 0 Å². The average Bonchev–Trinajstić information content (AvgIpc) is 3.08. The number of anilines is 1. The van der Waals surface area contributed by atoms with Crippen LogP contribution in [-0.2, 0) is 6.54 Å². The number of hydrogen-bond acceptors (Lipinski definition) is 3. The Morgan fingerprint density at radius 2 is 1.92 bits per heavy atom. The molecule has 0 unspecified atom stereocenters. The number of ether oxygens (including phenoxy) is 1. The maximum Gasteiger partial charge on any atom is 0.319 e. The smallest absolute Gasteiger partial charge is 0.319 e. The first-order valence-corrected chi connectivity index (χ1v) is 8.12. The van der Waals surface area contributed by atoms with E-state index in [-0.39, 0.29) is 5.91 Å². The Labute approximate surface area is 150 Å². The molecule has 0 atom stereocenters. The molecule has 0 saturated heterocycles. The molecule has 1 heterocycles. The lowest BCUT2D eigenvalue weighted by atomic mass is 10.1. The third-order valence-electron chi connectivity index (χ3n) is 3.96. The highest BCUT2D eigenvalue weighted by atomic mass is 16.5. The number of hydrogen-bond donors (Lipinski definition) is 4. The van der Waals surface area contributed by atoms with Crippen molar-refractivity contribution in [3.05, 3.63) is 59.8 Å². The van der Waals surface area contributed by atoms with E-state index in [4.69, 9.17) is 4.74 Å². The molecular weight excluding hydrogens is 332 g/mol. The average molecular weight is 352 g/mol. The van der Waals surface area contributed by atoms with Crippen molar-refractivity contribution in [3.63, 3.8) is 0 Å². The third-order valence-corrected chi connectivity index (χ3v) is 3.96. The summed E-state index contributed by atoms with van der Waals surface area (Å²) in [6, 6.07) is 14.3. The van der Waals surface area contributed by atoms with Crippen molar-refractivity contribution in [2.24, 2.45) is 0 Å². The van der Waals surface area contributed by atoms with Gasteiger partial charge in [0.05, 0.1) is 19.3 Å². The normalized spacial score (nSPS) is 10.4. The Kier molecular flexibility index (Phi) is 5.07. The zero-order valence-electron chi connectivity index (χ0n) is 14.6. The highest BCUT2D eigenvalue weighted by Gasteiger charge is 2.12. The SMILES string of the molecule is CNC(=O)c1ccc(OC)c(NC(=O)NCc2cc3ccccc3[nH]2)c1. The summed E-state index contributed by atoms with van der Waals surface area (Å²) < 4.78 is 5.24. The minimum Gasteiger partial charge on any atom is -0.495 e. The van der Waals surface area contributed by atoms with Crippen LogP contribution in [0.2, 0.25) is 0 Å². The molecule has 0 spiro atoms. The van der Waals surface area contributed by atoms with Crippen LogP contribution >= 0.6 is 0 Å². The summed E-state index contributed by atoms with van der Waals surface area (Å²) in [5.41, 5.74) is 2.76. The Hall–Kier alpha value is -3.48. The first kappa shape index (κ1) is 17.3. The lowest BCUT2D eigenvalue weighted by Gasteiger charge is -2.12. The van der Waals surface area contributed by atoms with Crippen molar-refractivity contribution in [1.82, 2.24) is 15.6 Å². The zero-order valence-corrected chi connectivity index (χ0v) is 14.6. The van der Waals surface area contributed by atoms with Gasteiger partial charge in [-0.1, -0.05) is 18.2 Å². The highest BCUT2D eigenvalue weighted by Crippen LogP contribution is 2.25.